The van der Waals surface area contributed by atoms with E-state index in [9.17, 15) is 0 Å². The Bertz CT molecular complexity index is 1410. The summed E-state index contributed by atoms with van der Waals surface area (Å²) in [5, 5.41) is 2.78. The van der Waals surface area contributed by atoms with E-state index < -0.39 is 0 Å². The zero-order chi connectivity index (χ0) is 25.6. The fourth-order valence-corrected chi connectivity index (χ4v) is 7.32. The predicted molar refractivity (Wildman–Crippen MR) is 158 cm³/mol. The molecule has 0 aliphatic heterocycles. The lowest BCUT2D eigenvalue weighted by Gasteiger charge is -2.41. The predicted octanol–water partition coefficient (Wildman–Crippen LogP) is 10.3. The van der Waals surface area contributed by atoms with E-state index >= 15 is 0 Å². The van der Waals surface area contributed by atoms with Crippen LogP contribution in [0.2, 0.25) is 0 Å². The molecule has 0 saturated heterocycles. The van der Waals surface area contributed by atoms with Crippen LogP contribution >= 0.6 is 0 Å². The first-order valence-electron chi connectivity index (χ1n) is 14.1. The number of benzene rings is 4. The van der Waals surface area contributed by atoms with Gasteiger partial charge in [-0.15, -0.1) is 0 Å². The van der Waals surface area contributed by atoms with Gasteiger partial charge in [0.1, 0.15) is 0 Å². The summed E-state index contributed by atoms with van der Waals surface area (Å²) < 4.78 is 0. The molecule has 0 saturated carbocycles. The minimum absolute atomic E-state index is 0.00252. The summed E-state index contributed by atoms with van der Waals surface area (Å²) in [6, 6.07) is 26.2. The van der Waals surface area contributed by atoms with Crippen LogP contribution in [-0.2, 0) is 18.3 Å². The second-order valence-electron chi connectivity index (χ2n) is 11.6. The maximum absolute atomic E-state index is 2.60. The standard InChI is InChI=1S/C36H42/c1-8-12-26-17-19-28(27(21-26)13-9-2)32-22-34-35(30-15-11-10-14-29(30)32)31-18-16-25(7)20-33(31)36(34,23(3)4)24(5)6/h10-11,14-24H,8-9,12-13H2,1-7H3. The molecule has 1 aliphatic rings. The normalized spacial score (nSPS) is 14.0. The Kier molecular flexibility index (Phi) is 6.58. The molecular weight excluding hydrogens is 432 g/mol. The molecule has 4 aromatic carbocycles. The molecule has 0 heteroatoms. The van der Waals surface area contributed by atoms with Crippen LogP contribution in [0.4, 0.5) is 0 Å². The molecule has 186 valence electrons. The van der Waals surface area contributed by atoms with Crippen molar-refractivity contribution in [1.82, 2.24) is 0 Å². The Morgan fingerprint density at radius 2 is 1.31 bits per heavy atom. The summed E-state index contributed by atoms with van der Waals surface area (Å²) in [5.74, 6) is 0.991. The molecule has 0 bridgehead atoms. The first-order chi connectivity index (χ1) is 17.3. The van der Waals surface area contributed by atoms with E-state index in [-0.39, 0.29) is 5.41 Å². The lowest BCUT2D eigenvalue weighted by Crippen LogP contribution is -2.37. The van der Waals surface area contributed by atoms with Gasteiger partial charge in [0.15, 0.2) is 0 Å². The summed E-state index contributed by atoms with van der Waals surface area (Å²) in [6.45, 7) is 16.5. The summed E-state index contributed by atoms with van der Waals surface area (Å²) in [6.07, 6.45) is 4.63. The lowest BCUT2D eigenvalue weighted by molar-refractivity contribution is 0.280. The van der Waals surface area contributed by atoms with E-state index in [0.29, 0.717) is 11.8 Å². The van der Waals surface area contributed by atoms with E-state index in [1.807, 2.05) is 0 Å². The van der Waals surface area contributed by atoms with E-state index in [1.54, 1.807) is 0 Å². The fraction of sp³-hybridized carbons (Fsp3) is 0.389. The number of hydrogen-bond donors (Lipinski definition) is 0. The van der Waals surface area contributed by atoms with Crippen molar-refractivity contribution in [2.45, 2.75) is 79.6 Å². The Hall–Kier alpha value is -2.86. The highest BCUT2D eigenvalue weighted by Gasteiger charge is 2.48. The number of fused-ring (bicyclic) bond motifs is 5. The monoisotopic (exact) mass is 474 g/mol. The van der Waals surface area contributed by atoms with Gasteiger partial charge in [-0.05, 0) is 92.9 Å². The highest BCUT2D eigenvalue weighted by molar-refractivity contribution is 6.09. The third-order valence-corrected chi connectivity index (χ3v) is 8.72. The van der Waals surface area contributed by atoms with Gasteiger partial charge in [-0.1, -0.05) is 121 Å². The molecule has 0 N–H and O–H groups in total. The van der Waals surface area contributed by atoms with E-state index in [4.69, 9.17) is 0 Å². The van der Waals surface area contributed by atoms with Crippen LogP contribution < -0.4 is 0 Å². The molecule has 0 aromatic heterocycles. The van der Waals surface area contributed by atoms with Crippen molar-refractivity contribution in [2.75, 3.05) is 0 Å². The fourth-order valence-electron chi connectivity index (χ4n) is 7.32. The largest absolute Gasteiger partial charge is 0.0651 e. The topological polar surface area (TPSA) is 0 Å². The van der Waals surface area contributed by atoms with Crippen LogP contribution in [0.3, 0.4) is 0 Å². The summed E-state index contributed by atoms with van der Waals surface area (Å²) >= 11 is 0. The summed E-state index contributed by atoms with van der Waals surface area (Å²) in [4.78, 5) is 0. The average molecular weight is 475 g/mol. The third kappa shape index (κ3) is 3.64. The van der Waals surface area contributed by atoms with Crippen molar-refractivity contribution in [2.24, 2.45) is 11.8 Å². The Morgan fingerprint density at radius 1 is 0.639 bits per heavy atom. The van der Waals surface area contributed by atoms with Gasteiger partial charge in [-0.25, -0.2) is 0 Å². The van der Waals surface area contributed by atoms with Gasteiger partial charge in [0.2, 0.25) is 0 Å². The second-order valence-corrected chi connectivity index (χ2v) is 11.6. The second kappa shape index (κ2) is 9.55. The van der Waals surface area contributed by atoms with Crippen LogP contribution in [0.25, 0.3) is 33.0 Å². The Morgan fingerprint density at radius 3 is 1.97 bits per heavy atom. The SMILES string of the molecule is CCCc1ccc(-c2cc3c(c4ccccc24)-c2ccc(C)cc2C3(C(C)C)C(C)C)c(CCC)c1. The van der Waals surface area contributed by atoms with Crippen LogP contribution in [0.15, 0.2) is 66.7 Å². The molecule has 4 aromatic rings. The van der Waals surface area contributed by atoms with Crippen molar-refractivity contribution in [3.8, 4) is 22.3 Å². The highest BCUT2D eigenvalue weighted by Crippen LogP contribution is 2.59. The van der Waals surface area contributed by atoms with E-state index in [2.05, 4.69) is 115 Å². The third-order valence-electron chi connectivity index (χ3n) is 8.72. The van der Waals surface area contributed by atoms with E-state index in [1.165, 1.54) is 67.3 Å². The molecule has 0 amide bonds. The molecule has 36 heavy (non-hydrogen) atoms. The Balaban J connectivity index is 1.90. The molecule has 0 radical (unpaired) electrons. The van der Waals surface area contributed by atoms with Crippen LogP contribution in [-0.4, -0.2) is 0 Å². The number of hydrogen-bond acceptors (Lipinski definition) is 0. The molecule has 0 fully saturated rings. The van der Waals surface area contributed by atoms with Crippen molar-refractivity contribution in [3.05, 3.63) is 94.5 Å². The molecule has 0 unspecified atom stereocenters. The minimum Gasteiger partial charge on any atom is -0.0651 e. The highest BCUT2D eigenvalue weighted by atomic mass is 14.5. The smallest absolute Gasteiger partial charge is 0.0261 e. The van der Waals surface area contributed by atoms with Crippen molar-refractivity contribution in [1.29, 1.82) is 0 Å². The molecule has 0 atom stereocenters. The van der Waals surface area contributed by atoms with Gasteiger partial charge < -0.3 is 0 Å². The maximum Gasteiger partial charge on any atom is 0.0261 e. The molecule has 5 rings (SSSR count). The first kappa shape index (κ1) is 24.8. The van der Waals surface area contributed by atoms with Crippen LogP contribution in [0.1, 0.15) is 82.2 Å². The Labute approximate surface area is 218 Å². The van der Waals surface area contributed by atoms with Gasteiger partial charge >= 0.3 is 0 Å². The van der Waals surface area contributed by atoms with Crippen LogP contribution in [0.5, 0.6) is 0 Å². The maximum atomic E-state index is 2.60. The zero-order valence-corrected chi connectivity index (χ0v) is 23.3. The van der Waals surface area contributed by atoms with Gasteiger partial charge in [0.25, 0.3) is 0 Å². The number of rotatable bonds is 7. The minimum atomic E-state index is 0.00252. The molecule has 0 nitrogen and oxygen atoms in total. The van der Waals surface area contributed by atoms with Gasteiger partial charge in [-0.2, -0.15) is 0 Å². The molecule has 1 aliphatic carbocycles. The summed E-state index contributed by atoms with van der Waals surface area (Å²) in [5.41, 5.74) is 13.1. The molecule has 0 heterocycles. The zero-order valence-electron chi connectivity index (χ0n) is 23.3. The average Bonchev–Trinajstić information content (AvgIpc) is 3.15. The van der Waals surface area contributed by atoms with Crippen molar-refractivity contribution in [3.63, 3.8) is 0 Å². The molecule has 0 spiro atoms. The van der Waals surface area contributed by atoms with Crippen LogP contribution in [0, 0.1) is 18.8 Å². The van der Waals surface area contributed by atoms with Gasteiger partial charge in [-0.3, -0.25) is 0 Å². The van der Waals surface area contributed by atoms with Crippen molar-refractivity contribution < 1.29 is 0 Å². The van der Waals surface area contributed by atoms with E-state index in [0.717, 1.165) is 19.3 Å². The molecular formula is C36H42. The summed E-state index contributed by atoms with van der Waals surface area (Å²) in [7, 11) is 0. The number of aryl methyl sites for hydroxylation is 3. The first-order valence-corrected chi connectivity index (χ1v) is 14.1. The van der Waals surface area contributed by atoms with Crippen molar-refractivity contribution >= 4 is 10.8 Å². The van der Waals surface area contributed by atoms with Gasteiger partial charge in [0, 0.05) is 5.41 Å². The van der Waals surface area contributed by atoms with Gasteiger partial charge in [0.05, 0.1) is 0 Å². The lowest BCUT2D eigenvalue weighted by atomic mass is 9.62. The quantitative estimate of drug-likeness (QED) is 0.250.